The molecule has 0 radical (unpaired) electrons. The number of allylic oxidation sites excluding steroid dienone is 2. The summed E-state index contributed by atoms with van der Waals surface area (Å²) in [5.74, 6) is 1.52. The number of nitrogens with one attached hydrogen (secondary N) is 1. The number of hydrogen-bond donors (Lipinski definition) is 1. The van der Waals surface area contributed by atoms with Gasteiger partial charge in [0.05, 0.1) is 38.5 Å². The first kappa shape index (κ1) is 47.1. The Labute approximate surface area is 404 Å². The van der Waals surface area contributed by atoms with Crippen molar-refractivity contribution < 1.29 is 28.7 Å². The van der Waals surface area contributed by atoms with Gasteiger partial charge < -0.3 is 39.3 Å². The number of carbonyl (C=O) groups excluding carboxylic acids is 4. The van der Waals surface area contributed by atoms with Gasteiger partial charge in [0.2, 0.25) is 17.7 Å². The van der Waals surface area contributed by atoms with Gasteiger partial charge in [0, 0.05) is 107 Å². The third-order valence-electron chi connectivity index (χ3n) is 17.3. The first-order valence-electron chi connectivity index (χ1n) is 26.6. The monoisotopic (exact) mass is 933 g/mol. The Bertz CT molecular complexity index is 2210. The molecule has 1 aromatic carbocycles. The van der Waals surface area contributed by atoms with E-state index in [9.17, 15) is 19.2 Å². The van der Waals surface area contributed by atoms with E-state index >= 15 is 0 Å². The van der Waals surface area contributed by atoms with Crippen molar-refractivity contribution in [3.05, 3.63) is 46.8 Å². The molecule has 1 N–H and O–H groups in total. The number of anilines is 1. The highest BCUT2D eigenvalue weighted by Crippen LogP contribution is 2.55. The van der Waals surface area contributed by atoms with E-state index < -0.39 is 6.04 Å². The number of aliphatic imine (C=N–C) groups is 2. The second-order valence-electron chi connectivity index (χ2n) is 21.9. The molecule has 0 spiro atoms. The van der Waals surface area contributed by atoms with Crippen LogP contribution in [0.2, 0.25) is 0 Å². The lowest BCUT2D eigenvalue weighted by atomic mass is 9.64. The summed E-state index contributed by atoms with van der Waals surface area (Å²) < 4.78 is 10.9. The first-order chi connectivity index (χ1) is 33.0. The average molecular weight is 933 g/mol. The van der Waals surface area contributed by atoms with Gasteiger partial charge in [-0.15, -0.1) is 0 Å². The molecule has 6 fully saturated rings. The average Bonchev–Trinajstić information content (AvgIpc) is 4.23. The summed E-state index contributed by atoms with van der Waals surface area (Å²) in [6.45, 7) is 16.1. The van der Waals surface area contributed by atoms with Crippen LogP contribution in [0, 0.1) is 23.7 Å². The Kier molecular flexibility index (Phi) is 14.2. The molecule has 14 nitrogen and oxygen atoms in total. The van der Waals surface area contributed by atoms with E-state index in [1.807, 2.05) is 23.6 Å². The highest BCUT2D eigenvalue weighted by molar-refractivity contribution is 6.04. The normalized spacial score (nSPS) is 27.4. The predicted molar refractivity (Wildman–Crippen MR) is 265 cm³/mol. The fourth-order valence-electron chi connectivity index (χ4n) is 13.3. The predicted octanol–water partition coefficient (Wildman–Crippen LogP) is 7.14. The smallest absolute Gasteiger partial charge is 0.318 e. The molecule has 3 aliphatic carbocycles. The largest absolute Gasteiger partial charge is 0.378 e. The standard InChI is InChI=1S/C54H76N8O6/c1-34(2)42(31-48(63)59-21-25-67-26-22-59)52(64)61-17-5-7-45(61)44-30-40(33-56-44)41-13-14-47(50-38-11-9-37(10-12-38)49(41)50)58-19-15-36(16-20-58)39-29-43(55-32-39)46-8-6-18-62(46)53(65)51(35(3)4)57-54(66)60-23-27-68-28-24-60/h13-14,32-38,42,45-46,51H,5-12,15-31H2,1-4H3,(H,57,66)/t37?,38?,42-,45-,46-,51-/m0/s1. The number of amides is 5. The molecule has 1 aromatic rings. The van der Waals surface area contributed by atoms with Gasteiger partial charge in [0.15, 0.2) is 0 Å². The molecule has 14 heteroatoms. The fraction of sp³-hybridized carbons (Fsp3) is 0.704. The topological polar surface area (TPSA) is 140 Å². The number of likely N-dealkylation sites (tertiary alicyclic amines) is 2. The molecule has 368 valence electrons. The third kappa shape index (κ3) is 9.41. The summed E-state index contributed by atoms with van der Waals surface area (Å²) in [5, 5.41) is 3.08. The van der Waals surface area contributed by atoms with Crippen LogP contribution in [0.25, 0.3) is 5.57 Å². The maximum atomic E-state index is 14.3. The number of hydrogen-bond acceptors (Lipinski definition) is 9. The number of carbonyl (C=O) groups is 4. The maximum absolute atomic E-state index is 14.3. The molecule has 10 aliphatic rings. The lowest BCUT2D eigenvalue weighted by Crippen LogP contribution is -2.57. The van der Waals surface area contributed by atoms with Crippen molar-refractivity contribution in [2.24, 2.45) is 33.7 Å². The van der Waals surface area contributed by atoms with Crippen LogP contribution in [0.15, 0.2) is 40.1 Å². The Hall–Kier alpha value is -4.56. The fourth-order valence-corrected chi connectivity index (χ4v) is 13.3. The zero-order valence-electron chi connectivity index (χ0n) is 41.3. The van der Waals surface area contributed by atoms with Crippen LogP contribution in [0.1, 0.15) is 140 Å². The van der Waals surface area contributed by atoms with Crippen molar-refractivity contribution in [1.29, 1.82) is 0 Å². The summed E-state index contributed by atoms with van der Waals surface area (Å²) >= 11 is 0. The quantitative estimate of drug-likeness (QED) is 0.235. The molecule has 4 atom stereocenters. The van der Waals surface area contributed by atoms with E-state index in [0.717, 1.165) is 82.4 Å². The second-order valence-corrected chi connectivity index (χ2v) is 21.9. The molecule has 5 amide bonds. The minimum atomic E-state index is -0.575. The molecule has 0 unspecified atom stereocenters. The lowest BCUT2D eigenvalue weighted by Gasteiger charge is -2.44. The second kappa shape index (κ2) is 20.4. The number of rotatable bonds is 12. The van der Waals surface area contributed by atoms with E-state index in [1.165, 1.54) is 48.1 Å². The van der Waals surface area contributed by atoms with E-state index in [0.29, 0.717) is 76.9 Å². The van der Waals surface area contributed by atoms with Crippen molar-refractivity contribution in [2.45, 2.75) is 141 Å². The van der Waals surface area contributed by atoms with Crippen LogP contribution >= 0.6 is 0 Å². The summed E-state index contributed by atoms with van der Waals surface area (Å²) in [6, 6.07) is 4.03. The highest BCUT2D eigenvalue weighted by Gasteiger charge is 2.43. The Morgan fingerprint density at radius 3 is 1.85 bits per heavy atom. The van der Waals surface area contributed by atoms with Gasteiger partial charge in [-0.3, -0.25) is 24.4 Å². The molecule has 5 saturated heterocycles. The van der Waals surface area contributed by atoms with E-state index in [1.54, 1.807) is 16.0 Å². The number of benzene rings is 1. The SMILES string of the molecule is CC(C)[C@H](CC(=O)N1CCOCC1)C(=O)N1CCC[C@H]1C1=NC=C(c2ccc(N3CCC(C4=CN=C([C@@H]5CCCN5C(=O)[C@@H](NC(=O)N5CCOCC5)C(C)C)C4)CC3)c3c2C2CCC3CC2)C1. The minimum Gasteiger partial charge on any atom is -0.378 e. The molecular weight excluding hydrogens is 857 g/mol. The number of morpholine rings is 2. The van der Waals surface area contributed by atoms with Crippen molar-refractivity contribution >= 4 is 46.4 Å². The van der Waals surface area contributed by atoms with Crippen LogP contribution in [0.4, 0.5) is 10.5 Å². The first-order valence-corrected chi connectivity index (χ1v) is 26.6. The molecule has 7 aliphatic heterocycles. The van der Waals surface area contributed by atoms with Gasteiger partial charge in [0.1, 0.15) is 6.04 Å². The molecule has 7 heterocycles. The van der Waals surface area contributed by atoms with Crippen molar-refractivity contribution in [3.63, 3.8) is 0 Å². The van der Waals surface area contributed by atoms with Crippen molar-refractivity contribution in [3.8, 4) is 0 Å². The maximum Gasteiger partial charge on any atom is 0.318 e. The number of piperidine rings is 1. The van der Waals surface area contributed by atoms with Crippen LogP contribution in [-0.4, -0.2) is 152 Å². The molecular formula is C54H76N8O6. The van der Waals surface area contributed by atoms with E-state index in [4.69, 9.17) is 19.5 Å². The zero-order chi connectivity index (χ0) is 47.1. The highest BCUT2D eigenvalue weighted by atomic mass is 16.5. The van der Waals surface area contributed by atoms with Gasteiger partial charge in [-0.1, -0.05) is 33.8 Å². The van der Waals surface area contributed by atoms with Crippen LogP contribution in [0.3, 0.4) is 0 Å². The van der Waals surface area contributed by atoms with Crippen LogP contribution in [0.5, 0.6) is 0 Å². The third-order valence-corrected chi connectivity index (χ3v) is 17.3. The Morgan fingerprint density at radius 1 is 0.632 bits per heavy atom. The number of fused-ring (bicyclic) bond motifs is 2. The summed E-state index contributed by atoms with van der Waals surface area (Å²) in [6.07, 6.45) is 17.1. The van der Waals surface area contributed by atoms with Crippen molar-refractivity contribution in [1.82, 2.24) is 24.9 Å². The van der Waals surface area contributed by atoms with Gasteiger partial charge >= 0.3 is 6.03 Å². The number of ether oxygens (including phenoxy) is 2. The van der Waals surface area contributed by atoms with Gasteiger partial charge in [0.25, 0.3) is 0 Å². The molecule has 0 aromatic heterocycles. The summed E-state index contributed by atoms with van der Waals surface area (Å²) in [4.78, 5) is 75.4. The van der Waals surface area contributed by atoms with E-state index in [2.05, 4.69) is 53.5 Å². The number of nitrogens with zero attached hydrogens (tertiary/aromatic N) is 7. The molecule has 11 rings (SSSR count). The lowest BCUT2D eigenvalue weighted by molar-refractivity contribution is -0.144. The molecule has 68 heavy (non-hydrogen) atoms. The van der Waals surface area contributed by atoms with Gasteiger partial charge in [-0.05, 0) is 128 Å². The molecule has 1 saturated carbocycles. The van der Waals surface area contributed by atoms with Crippen LogP contribution in [-0.2, 0) is 23.9 Å². The van der Waals surface area contributed by atoms with Crippen molar-refractivity contribution in [2.75, 3.05) is 83.7 Å². The van der Waals surface area contributed by atoms with Gasteiger partial charge in [-0.25, -0.2) is 4.79 Å². The van der Waals surface area contributed by atoms with Crippen LogP contribution < -0.4 is 10.2 Å². The molecule has 2 bridgehead atoms. The minimum absolute atomic E-state index is 0.00593. The Morgan fingerprint density at radius 2 is 1.22 bits per heavy atom. The summed E-state index contributed by atoms with van der Waals surface area (Å²) in [7, 11) is 0. The Balaban J connectivity index is 0.767. The summed E-state index contributed by atoms with van der Waals surface area (Å²) in [5.41, 5.74) is 10.9. The number of urea groups is 1. The zero-order valence-corrected chi connectivity index (χ0v) is 41.3. The van der Waals surface area contributed by atoms with Gasteiger partial charge in [-0.2, -0.15) is 0 Å². The van der Waals surface area contributed by atoms with E-state index in [-0.39, 0.29) is 60.0 Å².